The van der Waals surface area contributed by atoms with E-state index < -0.39 is 21.6 Å². The van der Waals surface area contributed by atoms with Gasteiger partial charge in [0.1, 0.15) is 9.98 Å². The molecule has 0 spiro atoms. The van der Waals surface area contributed by atoms with E-state index in [9.17, 15) is 8.42 Å². The maximum atomic E-state index is 13.0. The highest BCUT2D eigenvalue weighted by atomic mass is 32.2. The molecule has 4 aliphatic rings. The fraction of sp³-hybridized carbons (Fsp3) is 0.733. The highest BCUT2D eigenvalue weighted by Gasteiger charge is 2.41. The summed E-state index contributed by atoms with van der Waals surface area (Å²) < 4.78 is 25.8. The molecule has 12 heteroatoms. The van der Waals surface area contributed by atoms with Gasteiger partial charge in [-0.05, 0) is 83.3 Å². The first-order valence-electron chi connectivity index (χ1n) is 14.8. The van der Waals surface area contributed by atoms with E-state index in [0.29, 0.717) is 34.8 Å². The lowest BCUT2D eigenvalue weighted by molar-refractivity contribution is 0.209. The van der Waals surface area contributed by atoms with Gasteiger partial charge in [-0.15, -0.1) is 23.5 Å². The molecule has 0 amide bonds. The fourth-order valence-electron chi connectivity index (χ4n) is 5.67. The van der Waals surface area contributed by atoms with E-state index in [-0.39, 0.29) is 16.9 Å². The summed E-state index contributed by atoms with van der Waals surface area (Å²) in [5.74, 6) is 5.09. The first kappa shape index (κ1) is 35.3. The van der Waals surface area contributed by atoms with Crippen molar-refractivity contribution in [3.8, 4) is 0 Å². The average Bonchev–Trinajstić information content (AvgIpc) is 3.59. The fourth-order valence-corrected chi connectivity index (χ4v) is 13.6. The predicted molar refractivity (Wildman–Crippen MR) is 203 cm³/mol. The maximum Gasteiger partial charge on any atom is 0.107 e. The minimum absolute atomic E-state index is 0.0252. The Balaban J connectivity index is 1.17. The van der Waals surface area contributed by atoms with Crippen molar-refractivity contribution in [2.24, 2.45) is 22.7 Å². The molecule has 0 aromatic rings. The van der Waals surface area contributed by atoms with E-state index >= 15 is 0 Å². The quantitative estimate of drug-likeness (QED) is 0.171. The molecular weight excluding hydrogens is 677 g/mol. The first-order valence-corrected chi connectivity index (χ1v) is 21.4. The van der Waals surface area contributed by atoms with Crippen LogP contribution >= 0.6 is 72.4 Å². The van der Waals surface area contributed by atoms with Gasteiger partial charge in [-0.2, -0.15) is 0 Å². The number of thioether (sulfide) groups is 2. The molecule has 5 atom stereocenters. The van der Waals surface area contributed by atoms with Gasteiger partial charge in [-0.3, -0.25) is 8.42 Å². The van der Waals surface area contributed by atoms with Crippen LogP contribution in [0.3, 0.4) is 0 Å². The normalized spacial score (nSPS) is 25.3. The maximum absolute atomic E-state index is 13.0. The first-order chi connectivity index (χ1) is 19.7. The molecule has 2 saturated heterocycles. The standard InChI is InChI=1S/C30H44N2O2S8/c1-20(32-26(36)19-24-22(28(32)38)7-13-40-24)30(4,5)10-15-42(34)17-16-41(33)14-9-29(2,3)8-11-31-25(35)18-23-21(27(31)37)6-12-39-23/h18-22H,6-17H2,1-5H3. The van der Waals surface area contributed by atoms with Crippen LogP contribution in [-0.4, -0.2) is 85.3 Å². The van der Waals surface area contributed by atoms with Crippen LogP contribution in [0.2, 0.25) is 0 Å². The van der Waals surface area contributed by atoms with Gasteiger partial charge in [0.2, 0.25) is 0 Å². The largest absolute Gasteiger partial charge is 0.327 e. The van der Waals surface area contributed by atoms with Gasteiger partial charge < -0.3 is 9.80 Å². The van der Waals surface area contributed by atoms with E-state index in [1.165, 1.54) is 9.81 Å². The summed E-state index contributed by atoms with van der Waals surface area (Å²) >= 11 is 26.9. The van der Waals surface area contributed by atoms with Crippen LogP contribution in [0.4, 0.5) is 0 Å². The molecule has 4 heterocycles. The van der Waals surface area contributed by atoms with Crippen LogP contribution in [0, 0.1) is 22.7 Å². The summed E-state index contributed by atoms with van der Waals surface area (Å²) in [7, 11) is -1.99. The van der Waals surface area contributed by atoms with Crippen molar-refractivity contribution in [3.63, 3.8) is 0 Å². The summed E-state index contributed by atoms with van der Waals surface area (Å²) in [4.78, 5) is 10.5. The van der Waals surface area contributed by atoms with Crippen LogP contribution in [0.25, 0.3) is 0 Å². The average molecular weight is 721 g/mol. The van der Waals surface area contributed by atoms with Crippen LogP contribution in [0.5, 0.6) is 0 Å². The molecule has 4 rings (SSSR count). The topological polar surface area (TPSA) is 40.6 Å². The predicted octanol–water partition coefficient (Wildman–Crippen LogP) is 7.31. The van der Waals surface area contributed by atoms with Crippen molar-refractivity contribution >= 4 is 114 Å². The zero-order valence-corrected chi connectivity index (χ0v) is 31.9. The Morgan fingerprint density at radius 1 is 0.810 bits per heavy atom. The Bertz CT molecular complexity index is 1220. The summed E-state index contributed by atoms with van der Waals surface area (Å²) in [6.07, 6.45) is 9.05. The molecule has 234 valence electrons. The minimum Gasteiger partial charge on any atom is -0.327 e. The van der Waals surface area contributed by atoms with Gasteiger partial charge in [-0.25, -0.2) is 0 Å². The monoisotopic (exact) mass is 720 g/mol. The number of hydrogen-bond acceptors (Lipinski definition) is 8. The van der Waals surface area contributed by atoms with Crippen LogP contribution in [-0.2, 0) is 21.6 Å². The number of rotatable bonds is 14. The Morgan fingerprint density at radius 2 is 1.33 bits per heavy atom. The second-order valence-corrected chi connectivity index (χ2v) is 20.5. The van der Waals surface area contributed by atoms with E-state index in [0.717, 1.165) is 70.1 Å². The molecule has 42 heavy (non-hydrogen) atoms. The van der Waals surface area contributed by atoms with E-state index in [1.54, 1.807) is 0 Å². The number of nitrogens with zero attached hydrogens (tertiary/aromatic N) is 2. The minimum atomic E-state index is -1.01. The van der Waals surface area contributed by atoms with Crippen molar-refractivity contribution in [1.82, 2.24) is 9.80 Å². The van der Waals surface area contributed by atoms with Gasteiger partial charge in [0.25, 0.3) is 0 Å². The van der Waals surface area contributed by atoms with Crippen molar-refractivity contribution in [2.75, 3.05) is 41.1 Å². The Hall–Kier alpha value is 0.440. The molecule has 0 aliphatic carbocycles. The third-order valence-corrected chi connectivity index (χ3v) is 16.1. The van der Waals surface area contributed by atoms with Crippen LogP contribution in [0.1, 0.15) is 66.7 Å². The number of thiocarbonyl (C=S) groups is 4. The molecule has 0 aromatic heterocycles. The molecule has 5 unspecified atom stereocenters. The third kappa shape index (κ3) is 8.62. The van der Waals surface area contributed by atoms with Gasteiger partial charge in [0.05, 0.1) is 9.98 Å². The molecule has 0 aromatic carbocycles. The lowest BCUT2D eigenvalue weighted by atomic mass is 9.81. The zero-order chi connectivity index (χ0) is 30.8. The number of fused-ring (bicyclic) bond motifs is 2. The highest BCUT2D eigenvalue weighted by Crippen LogP contribution is 2.43. The van der Waals surface area contributed by atoms with E-state index in [1.807, 2.05) is 23.5 Å². The third-order valence-electron chi connectivity index (χ3n) is 9.22. The smallest absolute Gasteiger partial charge is 0.107 e. The Morgan fingerprint density at radius 3 is 1.93 bits per heavy atom. The van der Waals surface area contributed by atoms with Gasteiger partial charge in [0.15, 0.2) is 0 Å². The Kier molecular flexibility index (Phi) is 12.5. The Labute approximate surface area is 288 Å². The second-order valence-electron chi connectivity index (χ2n) is 13.1. The van der Waals surface area contributed by atoms with Gasteiger partial charge in [-0.1, -0.05) is 76.6 Å². The van der Waals surface area contributed by atoms with Crippen LogP contribution in [0.15, 0.2) is 22.0 Å². The van der Waals surface area contributed by atoms with Crippen molar-refractivity contribution in [3.05, 3.63) is 22.0 Å². The lowest BCUT2D eigenvalue weighted by Gasteiger charge is -2.44. The van der Waals surface area contributed by atoms with E-state index in [4.69, 9.17) is 48.9 Å². The molecule has 0 saturated carbocycles. The second kappa shape index (κ2) is 14.9. The van der Waals surface area contributed by atoms with Crippen molar-refractivity contribution in [2.45, 2.75) is 72.8 Å². The van der Waals surface area contributed by atoms with Crippen molar-refractivity contribution in [1.29, 1.82) is 0 Å². The molecular formula is C30H44N2O2S8. The van der Waals surface area contributed by atoms with Crippen molar-refractivity contribution < 1.29 is 8.42 Å². The summed E-state index contributed by atoms with van der Waals surface area (Å²) in [6, 6.07) is 0.123. The zero-order valence-electron chi connectivity index (χ0n) is 25.3. The highest BCUT2D eigenvalue weighted by molar-refractivity contribution is 8.03. The molecule has 4 nitrogen and oxygen atoms in total. The summed E-state index contributed by atoms with van der Waals surface area (Å²) in [6.45, 7) is 11.9. The molecule has 0 radical (unpaired) electrons. The van der Waals surface area contributed by atoms with Gasteiger partial charge in [0, 0.05) is 69.0 Å². The number of hydrogen-bond donors (Lipinski definition) is 0. The summed E-state index contributed by atoms with van der Waals surface area (Å²) in [5.41, 5.74) is -0.0889. The molecule has 2 fully saturated rings. The molecule has 0 N–H and O–H groups in total. The SMILES string of the molecule is CC(N1C(=S)C=C2SCCC2C1=S)C(C)(C)CCS(=O)CCS(=O)CCC(C)(C)CCN1C(=S)C=C2SCCC2C1=S. The molecule has 0 bridgehead atoms. The van der Waals surface area contributed by atoms with Crippen LogP contribution < -0.4 is 0 Å². The summed E-state index contributed by atoms with van der Waals surface area (Å²) in [5, 5.41) is 0. The van der Waals surface area contributed by atoms with E-state index in [2.05, 4.69) is 56.6 Å². The van der Waals surface area contributed by atoms with Gasteiger partial charge >= 0.3 is 0 Å². The lowest BCUT2D eigenvalue weighted by Crippen LogP contribution is -2.52. The molecule has 4 aliphatic heterocycles.